The highest BCUT2D eigenvalue weighted by atomic mass is 32.1. The molecule has 0 atom stereocenters. The Morgan fingerprint density at radius 3 is 1.77 bits per heavy atom. The standard InChI is InChI=1S/C51H30N4OS/c1-2-10-31(11-3-1)33-20-25-38-37-12-4-7-15-43(37)55(44(38)29-33)36-23-18-32(19-24-36)49-52-50(34-22-27-46-42(28-34)39-13-5-8-16-45(39)56-46)54-51(53-49)35-21-26-41-40-14-6-9-17-47(40)57-48(41)30-35/h1-30H. The molecule has 0 saturated heterocycles. The number of benzene rings is 8. The number of nitrogens with zero attached hydrogens (tertiary/aromatic N) is 4. The van der Waals surface area contributed by atoms with Gasteiger partial charge in [0.1, 0.15) is 11.2 Å². The molecule has 12 rings (SSSR count). The van der Waals surface area contributed by atoms with E-state index >= 15 is 0 Å². The Labute approximate surface area is 330 Å². The summed E-state index contributed by atoms with van der Waals surface area (Å²) in [5.74, 6) is 1.86. The average Bonchev–Trinajstić information content (AvgIpc) is 3.95. The van der Waals surface area contributed by atoms with Gasteiger partial charge < -0.3 is 8.98 Å². The van der Waals surface area contributed by atoms with E-state index in [1.54, 1.807) is 11.3 Å². The normalized spacial score (nSPS) is 11.9. The van der Waals surface area contributed by atoms with Crippen LogP contribution in [-0.4, -0.2) is 19.5 Å². The second kappa shape index (κ2) is 12.6. The maximum Gasteiger partial charge on any atom is 0.164 e. The summed E-state index contributed by atoms with van der Waals surface area (Å²) in [5.41, 5.74) is 10.2. The Hall–Kier alpha value is -7.41. The maximum absolute atomic E-state index is 6.17. The smallest absolute Gasteiger partial charge is 0.164 e. The second-order valence-electron chi connectivity index (χ2n) is 14.4. The van der Waals surface area contributed by atoms with Crippen LogP contribution in [0.15, 0.2) is 186 Å². The molecule has 12 aromatic rings. The van der Waals surface area contributed by atoms with Crippen molar-refractivity contribution in [1.29, 1.82) is 0 Å². The van der Waals surface area contributed by atoms with Gasteiger partial charge in [-0.15, -0.1) is 11.3 Å². The van der Waals surface area contributed by atoms with Gasteiger partial charge in [0.25, 0.3) is 0 Å². The van der Waals surface area contributed by atoms with Gasteiger partial charge in [-0.1, -0.05) is 109 Å². The molecule has 0 fully saturated rings. The van der Waals surface area contributed by atoms with Crippen molar-refractivity contribution in [2.45, 2.75) is 0 Å². The Kier molecular flexibility index (Phi) is 7.03. The van der Waals surface area contributed by atoms with E-state index in [4.69, 9.17) is 19.4 Å². The summed E-state index contributed by atoms with van der Waals surface area (Å²) in [6.07, 6.45) is 0. The Morgan fingerprint density at radius 1 is 0.351 bits per heavy atom. The van der Waals surface area contributed by atoms with E-state index in [-0.39, 0.29) is 0 Å². The first kappa shape index (κ1) is 31.9. The predicted molar refractivity (Wildman–Crippen MR) is 236 cm³/mol. The topological polar surface area (TPSA) is 56.7 Å². The highest BCUT2D eigenvalue weighted by Crippen LogP contribution is 2.38. The van der Waals surface area contributed by atoms with Gasteiger partial charge >= 0.3 is 0 Å². The number of para-hydroxylation sites is 2. The van der Waals surface area contributed by atoms with E-state index in [0.717, 1.165) is 55.3 Å². The van der Waals surface area contributed by atoms with E-state index in [2.05, 4.69) is 156 Å². The lowest BCUT2D eigenvalue weighted by Gasteiger charge is -2.11. The fraction of sp³-hybridized carbons (Fsp3) is 0. The highest BCUT2D eigenvalue weighted by Gasteiger charge is 2.18. The van der Waals surface area contributed by atoms with Crippen LogP contribution in [-0.2, 0) is 0 Å². The van der Waals surface area contributed by atoms with Gasteiger partial charge in [0, 0.05) is 64.1 Å². The molecule has 0 N–H and O–H groups in total. The molecule has 0 saturated carbocycles. The lowest BCUT2D eigenvalue weighted by Crippen LogP contribution is -2.00. The third-order valence-electron chi connectivity index (χ3n) is 11.1. The second-order valence-corrected chi connectivity index (χ2v) is 15.5. The molecule has 266 valence electrons. The van der Waals surface area contributed by atoms with Crippen molar-refractivity contribution in [3.8, 4) is 51.0 Å². The summed E-state index contributed by atoms with van der Waals surface area (Å²) in [6.45, 7) is 0. The van der Waals surface area contributed by atoms with Crippen LogP contribution in [0.4, 0.5) is 0 Å². The van der Waals surface area contributed by atoms with E-state index in [9.17, 15) is 0 Å². The third-order valence-corrected chi connectivity index (χ3v) is 12.2. The van der Waals surface area contributed by atoms with Crippen LogP contribution in [0, 0.1) is 0 Å². The number of hydrogen-bond acceptors (Lipinski definition) is 5. The molecule has 0 spiro atoms. The van der Waals surface area contributed by atoms with Crippen LogP contribution in [0.1, 0.15) is 0 Å². The van der Waals surface area contributed by atoms with Crippen LogP contribution in [0.25, 0.3) is 115 Å². The lowest BCUT2D eigenvalue weighted by atomic mass is 10.0. The van der Waals surface area contributed by atoms with Gasteiger partial charge in [-0.3, -0.25) is 0 Å². The molecule has 0 aliphatic carbocycles. The first-order valence-electron chi connectivity index (χ1n) is 19.0. The van der Waals surface area contributed by atoms with Crippen molar-refractivity contribution in [2.24, 2.45) is 0 Å². The third kappa shape index (κ3) is 5.19. The number of fused-ring (bicyclic) bond motifs is 9. The minimum absolute atomic E-state index is 0.610. The van der Waals surface area contributed by atoms with Crippen LogP contribution < -0.4 is 0 Å². The number of thiophene rings is 1. The van der Waals surface area contributed by atoms with Gasteiger partial charge in [-0.2, -0.15) is 0 Å². The molecule has 57 heavy (non-hydrogen) atoms. The zero-order valence-electron chi connectivity index (χ0n) is 30.4. The fourth-order valence-corrected chi connectivity index (χ4v) is 9.46. The van der Waals surface area contributed by atoms with Crippen molar-refractivity contribution in [1.82, 2.24) is 19.5 Å². The summed E-state index contributed by atoms with van der Waals surface area (Å²) in [5, 5.41) is 7.05. The Morgan fingerprint density at radius 2 is 0.930 bits per heavy atom. The summed E-state index contributed by atoms with van der Waals surface area (Å²) < 4.78 is 11.0. The molecule has 6 heteroatoms. The highest BCUT2D eigenvalue weighted by molar-refractivity contribution is 7.25. The number of rotatable bonds is 5. The van der Waals surface area contributed by atoms with Gasteiger partial charge in [-0.25, -0.2) is 15.0 Å². The van der Waals surface area contributed by atoms with Crippen molar-refractivity contribution in [2.75, 3.05) is 0 Å². The maximum atomic E-state index is 6.17. The number of aromatic nitrogens is 4. The van der Waals surface area contributed by atoms with E-state index in [0.29, 0.717) is 17.5 Å². The molecule has 0 aliphatic heterocycles. The van der Waals surface area contributed by atoms with Gasteiger partial charge in [0.2, 0.25) is 0 Å². The van der Waals surface area contributed by atoms with Crippen LogP contribution in [0.2, 0.25) is 0 Å². The molecule has 0 unspecified atom stereocenters. The molecule has 8 aromatic carbocycles. The van der Waals surface area contributed by atoms with E-state index in [1.807, 2.05) is 30.3 Å². The molecule has 0 bridgehead atoms. The van der Waals surface area contributed by atoms with E-state index < -0.39 is 0 Å². The molecule has 0 amide bonds. The van der Waals surface area contributed by atoms with Crippen molar-refractivity contribution >= 4 is 75.3 Å². The monoisotopic (exact) mass is 746 g/mol. The first-order valence-corrected chi connectivity index (χ1v) is 19.8. The Bertz CT molecular complexity index is 3520. The fourth-order valence-electron chi connectivity index (χ4n) is 8.31. The van der Waals surface area contributed by atoms with Crippen LogP contribution in [0.5, 0.6) is 0 Å². The van der Waals surface area contributed by atoms with Gasteiger partial charge in [0.15, 0.2) is 17.5 Å². The SMILES string of the molecule is c1ccc(-c2ccc3c4ccccc4n(-c4ccc(-c5nc(-c6ccc7c(c6)sc6ccccc67)nc(-c6ccc7oc8ccccc8c7c6)n5)cc4)c3c2)cc1. The predicted octanol–water partition coefficient (Wildman–Crippen LogP) is 13.9. The zero-order chi connectivity index (χ0) is 37.5. The number of hydrogen-bond donors (Lipinski definition) is 0. The average molecular weight is 747 g/mol. The van der Waals surface area contributed by atoms with Crippen LogP contribution in [0.3, 0.4) is 0 Å². The lowest BCUT2D eigenvalue weighted by molar-refractivity contribution is 0.669. The summed E-state index contributed by atoms with van der Waals surface area (Å²) in [6, 6.07) is 64.0. The van der Waals surface area contributed by atoms with Crippen LogP contribution >= 0.6 is 11.3 Å². The number of furan rings is 1. The molecule has 4 heterocycles. The zero-order valence-corrected chi connectivity index (χ0v) is 31.2. The van der Waals surface area contributed by atoms with Gasteiger partial charge in [-0.05, 0) is 83.9 Å². The molecule has 0 radical (unpaired) electrons. The minimum Gasteiger partial charge on any atom is -0.456 e. The largest absolute Gasteiger partial charge is 0.456 e. The van der Waals surface area contributed by atoms with Crippen molar-refractivity contribution < 1.29 is 4.42 Å². The quantitative estimate of drug-likeness (QED) is 0.176. The molecule has 0 aliphatic rings. The van der Waals surface area contributed by atoms with Crippen molar-refractivity contribution in [3.63, 3.8) is 0 Å². The molecular formula is C51H30N4OS. The first-order chi connectivity index (χ1) is 28.2. The summed E-state index contributed by atoms with van der Waals surface area (Å²) in [4.78, 5) is 15.4. The summed E-state index contributed by atoms with van der Waals surface area (Å²) >= 11 is 1.79. The summed E-state index contributed by atoms with van der Waals surface area (Å²) in [7, 11) is 0. The minimum atomic E-state index is 0.610. The molecule has 4 aromatic heterocycles. The van der Waals surface area contributed by atoms with Crippen molar-refractivity contribution in [3.05, 3.63) is 182 Å². The molecular weight excluding hydrogens is 717 g/mol. The molecule has 5 nitrogen and oxygen atoms in total. The van der Waals surface area contributed by atoms with Gasteiger partial charge in [0.05, 0.1) is 11.0 Å². The van der Waals surface area contributed by atoms with E-state index in [1.165, 1.54) is 42.1 Å². The Balaban J connectivity index is 1.01.